The average Bonchev–Trinajstić information content (AvgIpc) is 2.85. The Balaban J connectivity index is 1.85. The fourth-order valence-corrected chi connectivity index (χ4v) is 2.44. The van der Waals surface area contributed by atoms with E-state index < -0.39 is 0 Å². The Bertz CT molecular complexity index is 629. The fraction of sp³-hybridized carbons (Fsp3) is 0.267. The van der Waals surface area contributed by atoms with Gasteiger partial charge < -0.3 is 5.32 Å². The molecule has 1 aromatic heterocycles. The minimum absolute atomic E-state index is 0.454. The van der Waals surface area contributed by atoms with E-state index in [4.69, 9.17) is 12.2 Å². The maximum Gasteiger partial charge on any atom is 0.191 e. The van der Waals surface area contributed by atoms with Crippen molar-refractivity contribution in [1.29, 1.82) is 0 Å². The van der Waals surface area contributed by atoms with Crippen molar-refractivity contribution >= 4 is 40.6 Å². The molecule has 0 saturated carbocycles. The van der Waals surface area contributed by atoms with E-state index in [1.807, 2.05) is 24.4 Å². The first kappa shape index (κ1) is 15.6. The molecule has 0 aliphatic carbocycles. The molecule has 0 amide bonds. The number of thiazole rings is 1. The maximum atomic E-state index is 5.19. The van der Waals surface area contributed by atoms with E-state index in [1.165, 1.54) is 5.56 Å². The molecular weight excluding hydrogens is 300 g/mol. The van der Waals surface area contributed by atoms with Crippen LogP contribution in [0.15, 0.2) is 34.7 Å². The van der Waals surface area contributed by atoms with Crippen LogP contribution >= 0.6 is 23.6 Å². The summed E-state index contributed by atoms with van der Waals surface area (Å²) in [4.78, 5) is 4.28. The molecule has 21 heavy (non-hydrogen) atoms. The first-order valence-corrected chi connectivity index (χ1v) is 7.95. The number of nitrogens with zero attached hydrogens (tertiary/aromatic N) is 2. The third-order valence-electron chi connectivity index (χ3n) is 2.83. The Hall–Kier alpha value is -1.79. The van der Waals surface area contributed by atoms with E-state index >= 15 is 0 Å². The Morgan fingerprint density at radius 2 is 2.05 bits per heavy atom. The fourth-order valence-electron chi connectivity index (χ4n) is 1.71. The molecule has 110 valence electrons. The summed E-state index contributed by atoms with van der Waals surface area (Å²) in [6, 6.07) is 8.21. The minimum Gasteiger partial charge on any atom is -0.331 e. The van der Waals surface area contributed by atoms with Crippen molar-refractivity contribution < 1.29 is 0 Å². The van der Waals surface area contributed by atoms with Crippen LogP contribution < -0.4 is 10.7 Å². The van der Waals surface area contributed by atoms with Crippen LogP contribution in [0.25, 0.3) is 0 Å². The molecule has 0 unspecified atom stereocenters. The van der Waals surface area contributed by atoms with E-state index in [-0.39, 0.29) is 0 Å². The van der Waals surface area contributed by atoms with Crippen LogP contribution in [-0.4, -0.2) is 16.3 Å². The summed E-state index contributed by atoms with van der Waals surface area (Å²) in [5.74, 6) is 0.523. The summed E-state index contributed by atoms with van der Waals surface area (Å²) in [6.45, 7) is 6.30. The summed E-state index contributed by atoms with van der Waals surface area (Å²) in [5, 5.41) is 10.6. The summed E-state index contributed by atoms with van der Waals surface area (Å²) in [5.41, 5.74) is 5.85. The number of rotatable bonds is 4. The molecule has 0 atom stereocenters. The summed E-state index contributed by atoms with van der Waals surface area (Å²) in [7, 11) is 0. The van der Waals surface area contributed by atoms with Crippen molar-refractivity contribution in [1.82, 2.24) is 10.4 Å². The highest BCUT2D eigenvalue weighted by molar-refractivity contribution is 7.80. The number of aryl methyl sites for hydroxylation is 1. The van der Waals surface area contributed by atoms with Crippen LogP contribution in [0.3, 0.4) is 0 Å². The molecule has 0 aliphatic rings. The molecule has 0 aliphatic heterocycles. The number of benzene rings is 1. The first-order valence-electron chi connectivity index (χ1n) is 6.67. The summed E-state index contributed by atoms with van der Waals surface area (Å²) < 4.78 is 0. The highest BCUT2D eigenvalue weighted by atomic mass is 32.1. The van der Waals surface area contributed by atoms with E-state index in [0.29, 0.717) is 11.0 Å². The number of aromatic nitrogens is 1. The zero-order valence-corrected chi connectivity index (χ0v) is 13.9. The molecule has 2 rings (SSSR count). The number of nitrogens with one attached hydrogen (secondary N) is 2. The molecule has 1 aromatic carbocycles. The van der Waals surface area contributed by atoms with E-state index in [9.17, 15) is 0 Å². The number of hydrogen-bond acceptors (Lipinski definition) is 4. The lowest BCUT2D eigenvalue weighted by Crippen LogP contribution is -2.23. The van der Waals surface area contributed by atoms with Gasteiger partial charge in [-0.2, -0.15) is 5.10 Å². The summed E-state index contributed by atoms with van der Waals surface area (Å²) >= 11 is 6.78. The van der Waals surface area contributed by atoms with Gasteiger partial charge in [0, 0.05) is 11.1 Å². The van der Waals surface area contributed by atoms with E-state index in [1.54, 1.807) is 17.6 Å². The molecule has 4 nitrogen and oxygen atoms in total. The van der Waals surface area contributed by atoms with Crippen LogP contribution in [-0.2, 0) is 0 Å². The minimum atomic E-state index is 0.454. The summed E-state index contributed by atoms with van der Waals surface area (Å²) in [6.07, 6.45) is 1.65. The van der Waals surface area contributed by atoms with Crippen molar-refractivity contribution in [2.45, 2.75) is 26.7 Å². The molecule has 2 aromatic rings. The first-order chi connectivity index (χ1) is 10.0. The monoisotopic (exact) mass is 318 g/mol. The van der Waals surface area contributed by atoms with Crippen molar-refractivity contribution in [2.24, 2.45) is 5.10 Å². The Morgan fingerprint density at radius 1 is 1.33 bits per heavy atom. The highest BCUT2D eigenvalue weighted by Gasteiger charge is 2.00. The zero-order valence-electron chi connectivity index (χ0n) is 12.3. The number of hydrazone groups is 1. The van der Waals surface area contributed by atoms with Gasteiger partial charge in [-0.25, -0.2) is 4.98 Å². The SMILES string of the molecule is Cc1nc(/C=N/NC(=S)Nc2ccc(C(C)C)cc2)cs1. The number of hydrogen-bond donors (Lipinski definition) is 2. The Morgan fingerprint density at radius 3 is 2.62 bits per heavy atom. The molecule has 0 fully saturated rings. The topological polar surface area (TPSA) is 49.3 Å². The highest BCUT2D eigenvalue weighted by Crippen LogP contribution is 2.16. The van der Waals surface area contributed by atoms with Gasteiger partial charge in [0.1, 0.15) is 0 Å². The second-order valence-electron chi connectivity index (χ2n) is 4.89. The van der Waals surface area contributed by atoms with Gasteiger partial charge in [-0.3, -0.25) is 5.43 Å². The molecule has 0 saturated heterocycles. The lowest BCUT2D eigenvalue weighted by molar-refractivity contribution is 0.867. The van der Waals surface area contributed by atoms with Crippen LogP contribution in [0, 0.1) is 6.92 Å². The van der Waals surface area contributed by atoms with Crippen molar-refractivity contribution in [3.8, 4) is 0 Å². The molecule has 6 heteroatoms. The van der Waals surface area contributed by atoms with Gasteiger partial charge in [-0.05, 0) is 42.8 Å². The standard InChI is InChI=1S/C15H18N4S2/c1-10(2)12-4-6-13(7-5-12)18-15(20)19-16-8-14-9-21-11(3)17-14/h4-10H,1-3H3,(H2,18,19,20)/b16-8+. The largest absolute Gasteiger partial charge is 0.331 e. The van der Waals surface area contributed by atoms with Gasteiger partial charge in [-0.15, -0.1) is 11.3 Å². The second-order valence-corrected chi connectivity index (χ2v) is 6.36. The van der Waals surface area contributed by atoms with E-state index in [0.717, 1.165) is 16.4 Å². The number of anilines is 1. The van der Waals surface area contributed by atoms with Crippen molar-refractivity contribution in [2.75, 3.05) is 5.32 Å². The predicted molar refractivity (Wildman–Crippen MR) is 94.3 cm³/mol. The lowest BCUT2D eigenvalue weighted by atomic mass is 10.0. The van der Waals surface area contributed by atoms with E-state index in [2.05, 4.69) is 46.8 Å². The Labute approximate surface area is 134 Å². The number of thiocarbonyl (C=S) groups is 1. The van der Waals surface area contributed by atoms with Crippen molar-refractivity contribution in [3.05, 3.63) is 45.9 Å². The van der Waals surface area contributed by atoms with Gasteiger partial charge in [0.15, 0.2) is 5.11 Å². The van der Waals surface area contributed by atoms with Crippen molar-refractivity contribution in [3.63, 3.8) is 0 Å². The second kappa shape index (κ2) is 7.28. The Kier molecular flexibility index (Phi) is 5.41. The zero-order chi connectivity index (χ0) is 15.2. The predicted octanol–water partition coefficient (Wildman–Crippen LogP) is 3.90. The van der Waals surface area contributed by atoms with Crippen LogP contribution in [0.1, 0.15) is 36.0 Å². The smallest absolute Gasteiger partial charge is 0.191 e. The molecule has 2 N–H and O–H groups in total. The van der Waals surface area contributed by atoms with Gasteiger partial charge in [0.05, 0.1) is 16.9 Å². The van der Waals surface area contributed by atoms with Crippen LogP contribution in [0.2, 0.25) is 0 Å². The molecule has 0 bridgehead atoms. The molecule has 0 radical (unpaired) electrons. The van der Waals surface area contributed by atoms with Crippen LogP contribution in [0.5, 0.6) is 0 Å². The van der Waals surface area contributed by atoms with Gasteiger partial charge >= 0.3 is 0 Å². The molecule has 0 spiro atoms. The average molecular weight is 318 g/mol. The third kappa shape index (κ3) is 4.91. The quantitative estimate of drug-likeness (QED) is 0.510. The van der Waals surface area contributed by atoms with Gasteiger partial charge in [0.2, 0.25) is 0 Å². The molecule has 1 heterocycles. The maximum absolute atomic E-state index is 5.19. The normalized spacial score (nSPS) is 11.0. The molecular formula is C15H18N4S2. The lowest BCUT2D eigenvalue weighted by Gasteiger charge is -2.09. The van der Waals surface area contributed by atoms with Crippen LogP contribution in [0.4, 0.5) is 5.69 Å². The third-order valence-corrected chi connectivity index (χ3v) is 3.82. The van der Waals surface area contributed by atoms with Gasteiger partial charge in [0.25, 0.3) is 0 Å². The van der Waals surface area contributed by atoms with Gasteiger partial charge in [-0.1, -0.05) is 26.0 Å².